The summed E-state index contributed by atoms with van der Waals surface area (Å²) in [4.78, 5) is 34.4. The van der Waals surface area contributed by atoms with Crippen LogP contribution in [0.3, 0.4) is 0 Å². The fourth-order valence-corrected chi connectivity index (χ4v) is 3.99. The number of benzene rings is 1. The molecule has 2 amide bonds. The van der Waals surface area contributed by atoms with Gasteiger partial charge in [0, 0.05) is 25.7 Å². The second-order valence-electron chi connectivity index (χ2n) is 8.26. The maximum absolute atomic E-state index is 14.6. The number of amidine groups is 1. The summed E-state index contributed by atoms with van der Waals surface area (Å²) in [5, 5.41) is 5.04. The van der Waals surface area contributed by atoms with Crippen molar-refractivity contribution < 1.29 is 14.0 Å². The molecular formula is C21H30FN5O2. The van der Waals surface area contributed by atoms with E-state index in [-0.39, 0.29) is 6.04 Å². The van der Waals surface area contributed by atoms with E-state index in [1.54, 1.807) is 0 Å². The summed E-state index contributed by atoms with van der Waals surface area (Å²) in [7, 11) is 3.45. The van der Waals surface area contributed by atoms with Crippen LogP contribution < -0.4 is 10.6 Å². The molecule has 3 unspecified atom stereocenters. The largest absolute Gasteiger partial charge is 0.357 e. The Bertz CT molecular complexity index is 777. The summed E-state index contributed by atoms with van der Waals surface area (Å²) in [6, 6.07) is 7.62. The van der Waals surface area contributed by atoms with Crippen molar-refractivity contribution in [3.8, 4) is 0 Å². The summed E-state index contributed by atoms with van der Waals surface area (Å²) in [6.45, 7) is 4.96. The first-order valence-corrected chi connectivity index (χ1v) is 10.0. The van der Waals surface area contributed by atoms with Crippen molar-refractivity contribution in [3.05, 3.63) is 35.9 Å². The second kappa shape index (κ2) is 8.49. The first-order chi connectivity index (χ1) is 13.7. The second-order valence-corrected chi connectivity index (χ2v) is 8.26. The molecule has 0 spiro atoms. The molecule has 29 heavy (non-hydrogen) atoms. The van der Waals surface area contributed by atoms with E-state index in [0.717, 1.165) is 30.9 Å². The molecule has 2 aliphatic rings. The number of nitrogens with one attached hydrogen (secondary N) is 2. The molecule has 0 saturated carbocycles. The Labute approximate surface area is 171 Å². The predicted molar refractivity (Wildman–Crippen MR) is 111 cm³/mol. The molecule has 1 saturated heterocycles. The zero-order chi connectivity index (χ0) is 21.2. The molecule has 7 nitrogen and oxygen atoms in total. The number of alkyl halides is 1. The number of amides is 2. The number of likely N-dealkylation sites (N-methyl/N-ethyl adjacent to an activating group) is 2. The molecule has 1 fully saturated rings. The zero-order valence-corrected chi connectivity index (χ0v) is 17.5. The SMILES string of the molecule is CNC(=O)C(NC(=O)C1N=C(c2ccccc2)N2CCCN(C)CC12)C(C)(C)F. The van der Waals surface area contributed by atoms with Gasteiger partial charge in [0.15, 0.2) is 6.04 Å². The summed E-state index contributed by atoms with van der Waals surface area (Å²) in [5.41, 5.74) is -0.952. The summed E-state index contributed by atoms with van der Waals surface area (Å²) < 4.78 is 14.6. The van der Waals surface area contributed by atoms with Gasteiger partial charge in [0.2, 0.25) is 11.8 Å². The van der Waals surface area contributed by atoms with Gasteiger partial charge in [0.25, 0.3) is 0 Å². The van der Waals surface area contributed by atoms with Crippen LogP contribution in [0.25, 0.3) is 0 Å². The van der Waals surface area contributed by atoms with Gasteiger partial charge in [-0.15, -0.1) is 0 Å². The first-order valence-electron chi connectivity index (χ1n) is 10.0. The van der Waals surface area contributed by atoms with Gasteiger partial charge < -0.3 is 20.4 Å². The van der Waals surface area contributed by atoms with Gasteiger partial charge in [-0.25, -0.2) is 4.39 Å². The predicted octanol–water partition coefficient (Wildman–Crippen LogP) is 0.800. The molecule has 0 aliphatic carbocycles. The molecule has 2 N–H and O–H groups in total. The Morgan fingerprint density at radius 3 is 2.55 bits per heavy atom. The van der Waals surface area contributed by atoms with Gasteiger partial charge in [-0.3, -0.25) is 14.6 Å². The van der Waals surface area contributed by atoms with Gasteiger partial charge in [-0.2, -0.15) is 0 Å². The maximum Gasteiger partial charge on any atom is 0.247 e. The maximum atomic E-state index is 14.6. The van der Waals surface area contributed by atoms with Gasteiger partial charge in [-0.05, 0) is 33.9 Å². The molecule has 0 aromatic heterocycles. The van der Waals surface area contributed by atoms with Crippen LogP contribution >= 0.6 is 0 Å². The topological polar surface area (TPSA) is 77.0 Å². The quantitative estimate of drug-likeness (QED) is 0.763. The smallest absolute Gasteiger partial charge is 0.247 e. The Morgan fingerprint density at radius 2 is 1.93 bits per heavy atom. The third-order valence-corrected chi connectivity index (χ3v) is 5.52. The number of hydrogen-bond donors (Lipinski definition) is 2. The third-order valence-electron chi connectivity index (χ3n) is 5.52. The van der Waals surface area contributed by atoms with Crippen molar-refractivity contribution in [3.63, 3.8) is 0 Å². The van der Waals surface area contributed by atoms with Gasteiger partial charge in [0.05, 0.1) is 6.04 Å². The number of rotatable bonds is 5. The molecule has 1 aromatic rings. The highest BCUT2D eigenvalue weighted by atomic mass is 19.1. The van der Waals surface area contributed by atoms with E-state index in [1.807, 2.05) is 37.4 Å². The summed E-state index contributed by atoms with van der Waals surface area (Å²) in [5.74, 6) is -0.214. The van der Waals surface area contributed by atoms with Crippen LogP contribution in [-0.2, 0) is 9.59 Å². The number of carbonyl (C=O) groups is 2. The van der Waals surface area contributed by atoms with E-state index < -0.39 is 29.6 Å². The summed E-state index contributed by atoms with van der Waals surface area (Å²) in [6.07, 6.45) is 0.964. The lowest BCUT2D eigenvalue weighted by molar-refractivity contribution is -0.133. The lowest BCUT2D eigenvalue weighted by Gasteiger charge is -2.31. The van der Waals surface area contributed by atoms with Crippen molar-refractivity contribution >= 4 is 17.6 Å². The third kappa shape index (κ3) is 4.58. The lowest BCUT2D eigenvalue weighted by atomic mass is 9.98. The van der Waals surface area contributed by atoms with Crippen LogP contribution in [-0.4, -0.2) is 85.0 Å². The summed E-state index contributed by atoms with van der Waals surface area (Å²) >= 11 is 0. The van der Waals surface area contributed by atoms with Gasteiger partial charge >= 0.3 is 0 Å². The molecule has 1 aromatic carbocycles. The molecule has 0 bridgehead atoms. The highest BCUT2D eigenvalue weighted by molar-refractivity contribution is 6.03. The fraction of sp³-hybridized carbons (Fsp3) is 0.571. The monoisotopic (exact) mass is 403 g/mol. The molecule has 0 radical (unpaired) electrons. The minimum atomic E-state index is -1.90. The zero-order valence-electron chi connectivity index (χ0n) is 17.5. The van der Waals surface area contributed by atoms with Crippen LogP contribution in [0.1, 0.15) is 25.8 Å². The molecule has 3 rings (SSSR count). The molecule has 8 heteroatoms. The highest BCUT2D eigenvalue weighted by Gasteiger charge is 2.44. The van der Waals surface area contributed by atoms with Crippen molar-refractivity contribution in [2.75, 3.05) is 33.7 Å². The van der Waals surface area contributed by atoms with Crippen molar-refractivity contribution in [1.82, 2.24) is 20.4 Å². The van der Waals surface area contributed by atoms with E-state index in [0.29, 0.717) is 6.54 Å². The fourth-order valence-electron chi connectivity index (χ4n) is 3.99. The normalized spacial score (nSPS) is 23.6. The van der Waals surface area contributed by atoms with E-state index in [1.165, 1.54) is 20.9 Å². The van der Waals surface area contributed by atoms with Crippen molar-refractivity contribution in [1.29, 1.82) is 0 Å². The minimum Gasteiger partial charge on any atom is -0.357 e. The van der Waals surface area contributed by atoms with Crippen molar-refractivity contribution in [2.24, 2.45) is 4.99 Å². The molecule has 158 valence electrons. The Balaban J connectivity index is 1.91. The molecule has 3 atom stereocenters. The molecule has 2 heterocycles. The highest BCUT2D eigenvalue weighted by Crippen LogP contribution is 2.26. The molecule has 2 aliphatic heterocycles. The van der Waals surface area contributed by atoms with E-state index in [4.69, 9.17) is 4.99 Å². The van der Waals surface area contributed by atoms with E-state index in [2.05, 4.69) is 20.4 Å². The van der Waals surface area contributed by atoms with Crippen LogP contribution in [0.2, 0.25) is 0 Å². The standard InChI is InChI=1S/C21H30FN5O2/c1-21(2,22)17(20(29)23-3)25-19(28)16-15-13-26(4)11-8-12-27(15)18(24-16)14-9-6-5-7-10-14/h5-7,9-10,15-17H,8,11-13H2,1-4H3,(H,23,29)(H,25,28). The Hall–Kier alpha value is -2.48. The number of hydrogen-bond acceptors (Lipinski definition) is 5. The van der Waals surface area contributed by atoms with Crippen molar-refractivity contribution in [2.45, 2.75) is 44.1 Å². The average molecular weight is 404 g/mol. The van der Waals surface area contributed by atoms with E-state index >= 15 is 0 Å². The Morgan fingerprint density at radius 1 is 1.24 bits per heavy atom. The minimum absolute atomic E-state index is 0.161. The first kappa shape index (κ1) is 21.2. The van der Waals surface area contributed by atoms with Gasteiger partial charge in [0.1, 0.15) is 17.5 Å². The number of carbonyl (C=O) groups excluding carboxylic acids is 2. The number of fused-ring (bicyclic) bond motifs is 1. The van der Waals surface area contributed by atoms with Gasteiger partial charge in [-0.1, -0.05) is 30.3 Å². The van der Waals surface area contributed by atoms with E-state index in [9.17, 15) is 14.0 Å². The number of aliphatic imine (C=N–C) groups is 1. The van der Waals surface area contributed by atoms with Crippen LogP contribution in [0.4, 0.5) is 4.39 Å². The number of halogens is 1. The average Bonchev–Trinajstić information content (AvgIpc) is 2.92. The van der Waals surface area contributed by atoms with Crippen LogP contribution in [0.5, 0.6) is 0 Å². The van der Waals surface area contributed by atoms with Crippen LogP contribution in [0.15, 0.2) is 35.3 Å². The number of nitrogens with zero attached hydrogens (tertiary/aromatic N) is 3. The van der Waals surface area contributed by atoms with Crippen LogP contribution in [0, 0.1) is 0 Å². The Kier molecular flexibility index (Phi) is 6.21. The lowest BCUT2D eigenvalue weighted by Crippen LogP contribution is -2.59. The molecular weight excluding hydrogens is 373 g/mol.